The first-order valence-electron chi connectivity index (χ1n) is 10.4. The zero-order valence-corrected chi connectivity index (χ0v) is 19.9. The fraction of sp³-hybridized carbons (Fsp3) is 0.0800. The number of alkyl halides is 3. The van der Waals surface area contributed by atoms with Crippen molar-refractivity contribution in [2.75, 3.05) is 16.0 Å². The van der Waals surface area contributed by atoms with Crippen molar-refractivity contribution in [1.29, 1.82) is 0 Å². The lowest BCUT2D eigenvalue weighted by Gasteiger charge is -2.18. The van der Waals surface area contributed by atoms with Crippen molar-refractivity contribution in [1.82, 2.24) is 0 Å². The number of anilines is 2. The smallest absolute Gasteiger partial charge is 0.404 e. The van der Waals surface area contributed by atoms with Gasteiger partial charge in [-0.1, -0.05) is 65.8 Å². The summed E-state index contributed by atoms with van der Waals surface area (Å²) in [5, 5.41) is 3.15. The van der Waals surface area contributed by atoms with Crippen LogP contribution in [0.25, 0.3) is 6.08 Å². The van der Waals surface area contributed by atoms with Crippen molar-refractivity contribution in [3.8, 4) is 5.75 Å². The van der Waals surface area contributed by atoms with Gasteiger partial charge in [0.15, 0.2) is 10.9 Å². The molecule has 11 heteroatoms. The van der Waals surface area contributed by atoms with Crippen LogP contribution in [-0.2, 0) is 9.59 Å². The van der Waals surface area contributed by atoms with Crippen LogP contribution in [0, 0.1) is 0 Å². The number of carbonyl (C=O) groups excluding carboxylic acids is 2. The number of thioether (sulfide) groups is 1. The molecule has 1 aliphatic rings. The van der Waals surface area contributed by atoms with Gasteiger partial charge in [0.2, 0.25) is 5.91 Å². The number of hydrogen-bond donors (Lipinski definition) is 1. The van der Waals surface area contributed by atoms with E-state index in [0.29, 0.717) is 16.3 Å². The van der Waals surface area contributed by atoms with E-state index >= 15 is 0 Å². The molecule has 36 heavy (non-hydrogen) atoms. The van der Waals surface area contributed by atoms with Crippen LogP contribution in [0.3, 0.4) is 0 Å². The lowest BCUT2D eigenvalue weighted by Crippen LogP contribution is -2.31. The number of ether oxygens (including phenoxy) is 1. The summed E-state index contributed by atoms with van der Waals surface area (Å²) >= 11 is 7.00. The number of halogens is 4. The third-order valence-electron chi connectivity index (χ3n) is 4.72. The topological polar surface area (TPSA) is 71.0 Å². The fourth-order valence-electron chi connectivity index (χ4n) is 3.25. The second kappa shape index (κ2) is 10.9. The summed E-state index contributed by atoms with van der Waals surface area (Å²) in [7, 11) is 0. The Morgan fingerprint density at radius 3 is 2.50 bits per heavy atom. The minimum Gasteiger partial charge on any atom is -0.404 e. The number of hydrogen-bond acceptors (Lipinski definition) is 5. The Morgan fingerprint density at radius 2 is 1.78 bits per heavy atom. The van der Waals surface area contributed by atoms with E-state index in [4.69, 9.17) is 11.6 Å². The molecular weight excluding hydrogens is 515 g/mol. The second-order valence-electron chi connectivity index (χ2n) is 7.34. The Labute approximate surface area is 213 Å². The molecule has 0 saturated heterocycles. The summed E-state index contributed by atoms with van der Waals surface area (Å²) in [5.74, 6) is -1.75. The predicted octanol–water partition coefficient (Wildman–Crippen LogP) is 6.35. The molecule has 2 amide bonds. The second-order valence-corrected chi connectivity index (χ2v) is 8.71. The summed E-state index contributed by atoms with van der Waals surface area (Å²) in [6.45, 7) is 0. The molecule has 0 fully saturated rings. The highest BCUT2D eigenvalue weighted by Crippen LogP contribution is 2.32. The van der Waals surface area contributed by atoms with Crippen molar-refractivity contribution >= 4 is 57.8 Å². The molecule has 3 aromatic carbocycles. The molecule has 0 spiro atoms. The van der Waals surface area contributed by atoms with E-state index in [1.54, 1.807) is 60.7 Å². The Bertz CT molecular complexity index is 1350. The molecule has 4 rings (SSSR count). The number of rotatable bonds is 6. The SMILES string of the molecule is O=C(CSC1=NC(=Cc2cccc(Cl)c2)C(=O)N1c1ccccc1)Nc1ccccc1OC(F)(F)F. The highest BCUT2D eigenvalue weighted by atomic mass is 35.5. The van der Waals surface area contributed by atoms with Gasteiger partial charge in [0.25, 0.3) is 5.91 Å². The van der Waals surface area contributed by atoms with E-state index in [2.05, 4.69) is 15.0 Å². The summed E-state index contributed by atoms with van der Waals surface area (Å²) in [5.41, 5.74) is 1.24. The average Bonchev–Trinajstić information content (AvgIpc) is 3.13. The zero-order chi connectivity index (χ0) is 25.7. The van der Waals surface area contributed by atoms with Gasteiger partial charge in [-0.25, -0.2) is 4.99 Å². The molecule has 0 saturated carbocycles. The van der Waals surface area contributed by atoms with E-state index < -0.39 is 23.9 Å². The van der Waals surface area contributed by atoms with Crippen LogP contribution in [0.5, 0.6) is 5.75 Å². The zero-order valence-electron chi connectivity index (χ0n) is 18.3. The Morgan fingerprint density at radius 1 is 1.06 bits per heavy atom. The molecule has 6 nitrogen and oxygen atoms in total. The molecule has 0 aliphatic carbocycles. The van der Waals surface area contributed by atoms with Crippen molar-refractivity contribution in [3.63, 3.8) is 0 Å². The first-order chi connectivity index (χ1) is 17.2. The molecule has 1 heterocycles. The first-order valence-corrected chi connectivity index (χ1v) is 11.8. The molecule has 0 radical (unpaired) electrons. The maximum atomic E-state index is 13.2. The normalized spacial score (nSPS) is 14.7. The summed E-state index contributed by atoms with van der Waals surface area (Å²) in [4.78, 5) is 31.5. The van der Waals surface area contributed by atoms with Crippen LogP contribution in [0.2, 0.25) is 5.02 Å². The fourth-order valence-corrected chi connectivity index (χ4v) is 4.26. The largest absolute Gasteiger partial charge is 0.573 e. The van der Waals surface area contributed by atoms with Crippen LogP contribution in [0.1, 0.15) is 5.56 Å². The Hall–Kier alpha value is -3.76. The molecule has 184 valence electrons. The van der Waals surface area contributed by atoms with Crippen LogP contribution in [-0.4, -0.2) is 29.1 Å². The standard InChI is InChI=1S/C25H17ClF3N3O3S/c26-17-8-6-7-16(13-17)14-20-23(34)32(18-9-2-1-3-10-18)24(31-20)36-15-22(33)30-19-11-4-5-12-21(19)35-25(27,28)29/h1-14H,15H2,(H,30,33). The van der Waals surface area contributed by atoms with Gasteiger partial charge in [-0.05, 0) is 48.0 Å². The first kappa shape index (κ1) is 25.3. The van der Waals surface area contributed by atoms with Crippen LogP contribution < -0.4 is 15.0 Å². The van der Waals surface area contributed by atoms with Gasteiger partial charge < -0.3 is 10.1 Å². The van der Waals surface area contributed by atoms with Gasteiger partial charge in [-0.2, -0.15) is 0 Å². The number of carbonyl (C=O) groups is 2. The number of amides is 2. The van der Waals surface area contributed by atoms with E-state index in [1.165, 1.54) is 23.1 Å². The van der Waals surface area contributed by atoms with Gasteiger partial charge in [0.1, 0.15) is 5.70 Å². The Kier molecular flexibility index (Phi) is 7.66. The minimum absolute atomic E-state index is 0.133. The number of aliphatic imine (C=N–C) groups is 1. The lowest BCUT2D eigenvalue weighted by molar-refractivity contribution is -0.274. The molecule has 0 unspecified atom stereocenters. The van der Waals surface area contributed by atoms with Gasteiger partial charge in [0, 0.05) is 5.02 Å². The van der Waals surface area contributed by atoms with E-state index in [-0.39, 0.29) is 22.3 Å². The molecule has 3 aromatic rings. The monoisotopic (exact) mass is 531 g/mol. The minimum atomic E-state index is -4.91. The van der Waals surface area contributed by atoms with E-state index in [1.807, 2.05) is 0 Å². The molecule has 0 aromatic heterocycles. The van der Waals surface area contributed by atoms with Gasteiger partial charge in [-0.3, -0.25) is 14.5 Å². The number of nitrogens with one attached hydrogen (secondary N) is 1. The number of amidine groups is 1. The van der Waals surface area contributed by atoms with Gasteiger partial charge in [0.05, 0.1) is 17.1 Å². The maximum absolute atomic E-state index is 13.2. The summed E-state index contributed by atoms with van der Waals surface area (Å²) in [6.07, 6.45) is -3.32. The molecule has 1 aliphatic heterocycles. The molecule has 1 N–H and O–H groups in total. The van der Waals surface area contributed by atoms with Crippen molar-refractivity contribution in [3.05, 3.63) is 95.1 Å². The quantitative estimate of drug-likeness (QED) is 0.376. The van der Waals surface area contributed by atoms with Gasteiger partial charge >= 0.3 is 6.36 Å². The summed E-state index contributed by atoms with van der Waals surface area (Å²) < 4.78 is 42.0. The van der Waals surface area contributed by atoms with E-state index in [9.17, 15) is 22.8 Å². The molecular formula is C25H17ClF3N3O3S. The number of benzene rings is 3. The van der Waals surface area contributed by atoms with Crippen molar-refractivity contribution in [2.45, 2.75) is 6.36 Å². The van der Waals surface area contributed by atoms with Crippen LogP contribution in [0.4, 0.5) is 24.5 Å². The number of para-hydroxylation sites is 3. The highest BCUT2D eigenvalue weighted by Gasteiger charge is 2.33. The number of nitrogens with zero attached hydrogens (tertiary/aromatic N) is 2. The summed E-state index contributed by atoms with van der Waals surface area (Å²) in [6, 6.07) is 20.9. The maximum Gasteiger partial charge on any atom is 0.573 e. The average molecular weight is 532 g/mol. The van der Waals surface area contributed by atoms with E-state index in [0.717, 1.165) is 17.8 Å². The predicted molar refractivity (Wildman–Crippen MR) is 135 cm³/mol. The Balaban J connectivity index is 1.54. The van der Waals surface area contributed by atoms with Crippen LogP contribution >= 0.6 is 23.4 Å². The lowest BCUT2D eigenvalue weighted by atomic mass is 10.2. The van der Waals surface area contributed by atoms with Crippen molar-refractivity contribution in [2.24, 2.45) is 4.99 Å². The van der Waals surface area contributed by atoms with Gasteiger partial charge in [-0.15, -0.1) is 13.2 Å². The third kappa shape index (κ3) is 6.46. The molecule has 0 atom stereocenters. The molecule has 0 bridgehead atoms. The highest BCUT2D eigenvalue weighted by molar-refractivity contribution is 8.14. The van der Waals surface area contributed by atoms with Crippen LogP contribution in [0.15, 0.2) is 89.6 Å². The van der Waals surface area contributed by atoms with Crippen molar-refractivity contribution < 1.29 is 27.5 Å². The third-order valence-corrected chi connectivity index (χ3v) is 5.89.